The molecule has 2 aromatic carbocycles. The van der Waals surface area contributed by atoms with E-state index in [0.29, 0.717) is 17.2 Å². The topological polar surface area (TPSA) is 91.3 Å². The second kappa shape index (κ2) is 15.7. The van der Waals surface area contributed by atoms with Gasteiger partial charge in [0.05, 0.1) is 5.69 Å². The molecule has 3 aromatic rings. The maximum atomic E-state index is 11.8. The number of amides is 1. The summed E-state index contributed by atoms with van der Waals surface area (Å²) in [6.45, 7) is 6.00. The number of thiazole rings is 1. The maximum absolute atomic E-state index is 11.8. The molecule has 0 saturated heterocycles. The van der Waals surface area contributed by atoms with Crippen molar-refractivity contribution in [3.8, 4) is 0 Å². The Morgan fingerprint density at radius 3 is 2.18 bits per heavy atom. The summed E-state index contributed by atoms with van der Waals surface area (Å²) < 4.78 is 0. The van der Waals surface area contributed by atoms with E-state index >= 15 is 0 Å². The van der Waals surface area contributed by atoms with E-state index < -0.39 is 5.97 Å². The monoisotopic (exact) mass is 481 g/mol. The van der Waals surface area contributed by atoms with Crippen LogP contribution in [-0.2, 0) is 17.8 Å². The van der Waals surface area contributed by atoms with Crippen LogP contribution in [0.3, 0.4) is 0 Å². The highest BCUT2D eigenvalue weighted by Crippen LogP contribution is 2.22. The van der Waals surface area contributed by atoms with Crippen molar-refractivity contribution in [3.05, 3.63) is 82.4 Å². The molecule has 3 rings (SSSR count). The van der Waals surface area contributed by atoms with Crippen LogP contribution in [-0.4, -0.2) is 28.5 Å². The number of carboxylic acid groups (broad SMARTS) is 1. The molecule has 0 aliphatic heterocycles. The third kappa shape index (κ3) is 10.7. The molecule has 0 spiro atoms. The molecule has 1 aromatic heterocycles. The van der Waals surface area contributed by atoms with Crippen molar-refractivity contribution >= 4 is 28.3 Å². The molecular weight excluding hydrogens is 446 g/mol. The number of carbonyl (C=O) groups is 2. The number of aromatic carboxylic acids is 1. The summed E-state index contributed by atoms with van der Waals surface area (Å²) >= 11 is 0.983. The Morgan fingerprint density at radius 1 is 0.941 bits per heavy atom. The summed E-state index contributed by atoms with van der Waals surface area (Å²) in [4.78, 5) is 26.9. The molecule has 0 atom stereocenters. The number of hydrogen-bond donors (Lipinski definition) is 3. The predicted octanol–water partition coefficient (Wildman–Crippen LogP) is 6.08. The van der Waals surface area contributed by atoms with Gasteiger partial charge in [0.15, 0.2) is 5.13 Å². The average Bonchev–Trinajstić information content (AvgIpc) is 3.21. The van der Waals surface area contributed by atoms with Crippen molar-refractivity contribution in [2.24, 2.45) is 0 Å². The maximum Gasteiger partial charge on any atom is 0.347 e. The largest absolute Gasteiger partial charge is 0.477 e. The van der Waals surface area contributed by atoms with E-state index in [2.05, 4.69) is 52.9 Å². The summed E-state index contributed by atoms with van der Waals surface area (Å²) in [5.41, 5.74) is 3.00. The zero-order chi connectivity index (χ0) is 24.6. The molecule has 7 heteroatoms. The molecule has 0 radical (unpaired) electrons. The number of aromatic nitrogens is 1. The summed E-state index contributed by atoms with van der Waals surface area (Å²) in [6, 6.07) is 20.5. The molecule has 6 nitrogen and oxygen atoms in total. The molecule has 0 saturated carbocycles. The van der Waals surface area contributed by atoms with Gasteiger partial charge in [-0.3, -0.25) is 4.79 Å². The fraction of sp³-hybridized carbons (Fsp3) is 0.370. The number of benzene rings is 2. The van der Waals surface area contributed by atoms with E-state index in [-0.39, 0.29) is 10.8 Å². The number of nitrogens with one attached hydrogen (secondary N) is 2. The summed E-state index contributed by atoms with van der Waals surface area (Å²) in [5, 5.41) is 15.4. The average molecular weight is 482 g/mol. The first kappa shape index (κ1) is 27.2. The van der Waals surface area contributed by atoms with Gasteiger partial charge in [-0.05, 0) is 43.9 Å². The molecule has 34 heavy (non-hydrogen) atoms. The molecule has 0 aliphatic rings. The standard InChI is InChI=1S/C15H16N2O3S.C12H19N/c1-10-13(14(19)20)21-15(16-10)17-12(18)9-5-8-11-6-3-2-4-7-11;1-2-3-7-10-13-11-12-8-5-4-6-9-12/h2-4,6-7H,5,8-9H2,1H3,(H,19,20)(H,16,17,18);4-6,8-9,13H,2-3,7,10-11H2,1H3. The Labute approximate surface area is 206 Å². The molecule has 182 valence electrons. The SMILES string of the molecule is CCCCCNCc1ccccc1.Cc1nc(NC(=O)CCCc2ccccc2)sc1C(=O)O. The fourth-order valence-electron chi connectivity index (χ4n) is 3.26. The van der Waals surface area contributed by atoms with Gasteiger partial charge in [-0.2, -0.15) is 0 Å². The van der Waals surface area contributed by atoms with Crippen LogP contribution in [0.15, 0.2) is 60.7 Å². The number of hydrogen-bond acceptors (Lipinski definition) is 5. The van der Waals surface area contributed by atoms with Gasteiger partial charge in [0.2, 0.25) is 5.91 Å². The highest BCUT2D eigenvalue weighted by molar-refractivity contribution is 7.17. The van der Waals surface area contributed by atoms with Crippen LogP contribution >= 0.6 is 11.3 Å². The molecule has 0 unspecified atom stereocenters. The minimum atomic E-state index is -1.02. The zero-order valence-electron chi connectivity index (χ0n) is 20.0. The van der Waals surface area contributed by atoms with Crippen LogP contribution in [0.4, 0.5) is 5.13 Å². The predicted molar refractivity (Wildman–Crippen MR) is 139 cm³/mol. The highest BCUT2D eigenvalue weighted by Gasteiger charge is 2.15. The first-order valence-electron chi connectivity index (χ1n) is 11.8. The quantitative estimate of drug-likeness (QED) is 0.273. The van der Waals surface area contributed by atoms with Crippen molar-refractivity contribution in [2.75, 3.05) is 11.9 Å². The third-order valence-corrected chi connectivity index (χ3v) is 6.14. The lowest BCUT2D eigenvalue weighted by atomic mass is 10.1. The van der Waals surface area contributed by atoms with Gasteiger partial charge >= 0.3 is 5.97 Å². The van der Waals surface area contributed by atoms with Crippen LogP contribution in [0, 0.1) is 6.92 Å². The number of carboxylic acids is 1. The van der Waals surface area contributed by atoms with Gasteiger partial charge in [0.25, 0.3) is 0 Å². The lowest BCUT2D eigenvalue weighted by Crippen LogP contribution is -2.14. The zero-order valence-corrected chi connectivity index (χ0v) is 20.9. The van der Waals surface area contributed by atoms with Gasteiger partial charge in [0, 0.05) is 13.0 Å². The first-order chi connectivity index (χ1) is 16.5. The molecule has 1 heterocycles. The lowest BCUT2D eigenvalue weighted by Gasteiger charge is -2.03. The Morgan fingerprint density at radius 2 is 1.59 bits per heavy atom. The molecular formula is C27H35N3O3S. The minimum Gasteiger partial charge on any atom is -0.477 e. The molecule has 0 bridgehead atoms. The molecule has 3 N–H and O–H groups in total. The Balaban J connectivity index is 0.000000270. The van der Waals surface area contributed by atoms with Gasteiger partial charge in [-0.15, -0.1) is 0 Å². The van der Waals surface area contributed by atoms with Crippen LogP contribution < -0.4 is 10.6 Å². The molecule has 0 aliphatic carbocycles. The number of aryl methyl sites for hydroxylation is 2. The smallest absolute Gasteiger partial charge is 0.347 e. The van der Waals surface area contributed by atoms with Gasteiger partial charge < -0.3 is 15.7 Å². The van der Waals surface area contributed by atoms with Gasteiger partial charge in [-0.25, -0.2) is 9.78 Å². The normalized spacial score (nSPS) is 10.3. The van der Waals surface area contributed by atoms with Crippen LogP contribution in [0.25, 0.3) is 0 Å². The van der Waals surface area contributed by atoms with E-state index in [1.54, 1.807) is 6.92 Å². The third-order valence-electron chi connectivity index (χ3n) is 5.08. The van der Waals surface area contributed by atoms with Crippen molar-refractivity contribution < 1.29 is 14.7 Å². The van der Waals surface area contributed by atoms with Crippen LogP contribution in [0.5, 0.6) is 0 Å². The fourth-order valence-corrected chi connectivity index (χ4v) is 4.08. The van der Waals surface area contributed by atoms with Crippen LogP contribution in [0.1, 0.15) is 65.5 Å². The summed E-state index contributed by atoms with van der Waals surface area (Å²) in [6.07, 6.45) is 5.89. The van der Waals surface area contributed by atoms with Gasteiger partial charge in [0.1, 0.15) is 4.88 Å². The summed E-state index contributed by atoms with van der Waals surface area (Å²) in [5.74, 6) is -1.16. The van der Waals surface area contributed by atoms with E-state index in [0.717, 1.165) is 37.3 Å². The van der Waals surface area contributed by atoms with Gasteiger partial charge in [-0.1, -0.05) is 91.8 Å². The van der Waals surface area contributed by atoms with E-state index in [9.17, 15) is 9.59 Å². The summed E-state index contributed by atoms with van der Waals surface area (Å²) in [7, 11) is 0. The van der Waals surface area contributed by atoms with E-state index in [1.807, 2.05) is 30.3 Å². The second-order valence-corrected chi connectivity index (χ2v) is 8.99. The molecule has 1 amide bonds. The molecule has 0 fully saturated rings. The Kier molecular flexibility index (Phi) is 12.6. The number of anilines is 1. The minimum absolute atomic E-state index is 0.142. The second-order valence-electron chi connectivity index (χ2n) is 8.00. The first-order valence-corrected chi connectivity index (χ1v) is 12.6. The Bertz CT molecular complexity index is 991. The van der Waals surface area contributed by atoms with Crippen molar-refractivity contribution in [2.45, 2.75) is 58.9 Å². The highest BCUT2D eigenvalue weighted by atomic mass is 32.1. The number of rotatable bonds is 12. The van der Waals surface area contributed by atoms with E-state index in [1.165, 1.54) is 30.4 Å². The Hall–Kier alpha value is -3.03. The van der Waals surface area contributed by atoms with E-state index in [4.69, 9.17) is 5.11 Å². The van der Waals surface area contributed by atoms with Crippen molar-refractivity contribution in [3.63, 3.8) is 0 Å². The van der Waals surface area contributed by atoms with Crippen LogP contribution in [0.2, 0.25) is 0 Å². The number of nitrogens with zero attached hydrogens (tertiary/aromatic N) is 1. The number of unbranched alkanes of at least 4 members (excludes halogenated alkanes) is 2. The lowest BCUT2D eigenvalue weighted by molar-refractivity contribution is -0.116. The van der Waals surface area contributed by atoms with Crippen molar-refractivity contribution in [1.82, 2.24) is 10.3 Å². The number of carbonyl (C=O) groups excluding carboxylic acids is 1. The van der Waals surface area contributed by atoms with Crippen molar-refractivity contribution in [1.29, 1.82) is 0 Å².